The van der Waals surface area contributed by atoms with E-state index in [4.69, 9.17) is 5.73 Å². The molecule has 0 radical (unpaired) electrons. The highest BCUT2D eigenvalue weighted by Gasteiger charge is 2.04. The van der Waals surface area contributed by atoms with Crippen molar-refractivity contribution in [2.45, 2.75) is 26.3 Å². The molecule has 0 aliphatic heterocycles. The number of nitrogens with zero attached hydrogens (tertiary/aromatic N) is 2. The van der Waals surface area contributed by atoms with Gasteiger partial charge in [0.1, 0.15) is 0 Å². The van der Waals surface area contributed by atoms with E-state index in [-0.39, 0.29) is 0 Å². The van der Waals surface area contributed by atoms with E-state index >= 15 is 0 Å². The zero-order chi connectivity index (χ0) is 14.2. The van der Waals surface area contributed by atoms with Crippen LogP contribution in [0.1, 0.15) is 24.6 Å². The van der Waals surface area contributed by atoms with Crippen LogP contribution in [0.3, 0.4) is 0 Å². The first-order chi connectivity index (χ1) is 9.78. The molecule has 3 nitrogen and oxygen atoms in total. The van der Waals surface area contributed by atoms with Crippen molar-refractivity contribution in [1.82, 2.24) is 9.88 Å². The van der Waals surface area contributed by atoms with E-state index in [1.165, 1.54) is 5.56 Å². The van der Waals surface area contributed by atoms with E-state index in [1.807, 2.05) is 30.5 Å². The molecule has 2 aromatic rings. The second-order valence-electron chi connectivity index (χ2n) is 5.04. The van der Waals surface area contributed by atoms with Crippen LogP contribution in [0.15, 0.2) is 48.7 Å². The molecule has 0 unspecified atom stereocenters. The number of nitrogen functional groups attached to an aromatic ring is 1. The van der Waals surface area contributed by atoms with Gasteiger partial charge in [0.25, 0.3) is 0 Å². The topological polar surface area (TPSA) is 42.1 Å². The maximum Gasteiger partial charge on any atom is 0.0543 e. The number of aromatic nitrogens is 1. The number of rotatable bonds is 7. The molecular formula is C17H23N3. The van der Waals surface area contributed by atoms with Gasteiger partial charge in [0.15, 0.2) is 0 Å². The van der Waals surface area contributed by atoms with Gasteiger partial charge in [-0.2, -0.15) is 0 Å². The van der Waals surface area contributed by atoms with Crippen molar-refractivity contribution in [3.63, 3.8) is 0 Å². The lowest BCUT2D eigenvalue weighted by atomic mass is 10.1. The fourth-order valence-corrected chi connectivity index (χ4v) is 2.33. The van der Waals surface area contributed by atoms with Crippen LogP contribution in [0, 0.1) is 0 Å². The second-order valence-corrected chi connectivity index (χ2v) is 5.04. The quantitative estimate of drug-likeness (QED) is 0.785. The van der Waals surface area contributed by atoms with Crippen LogP contribution >= 0.6 is 0 Å². The number of nitrogens with two attached hydrogens (primary N) is 1. The highest BCUT2D eigenvalue weighted by atomic mass is 15.1. The fourth-order valence-electron chi connectivity index (χ4n) is 2.33. The van der Waals surface area contributed by atoms with Crippen LogP contribution in [0.25, 0.3) is 0 Å². The molecule has 0 bridgehead atoms. The Balaban J connectivity index is 1.79. The first-order valence-electron chi connectivity index (χ1n) is 7.24. The Morgan fingerprint density at radius 1 is 1.15 bits per heavy atom. The molecule has 3 heteroatoms. The van der Waals surface area contributed by atoms with Crippen LogP contribution < -0.4 is 5.73 Å². The molecule has 2 rings (SSSR count). The van der Waals surface area contributed by atoms with Gasteiger partial charge in [0, 0.05) is 18.4 Å². The standard InChI is InChI=1S/C17H23N3/c1-2-20(14-17-10-3-4-11-19-17)12-6-8-15-7-5-9-16(18)13-15/h3-5,7,9-11,13H,2,6,8,12,14,18H2,1H3. The Kier molecular flexibility index (Phi) is 5.56. The smallest absolute Gasteiger partial charge is 0.0543 e. The Morgan fingerprint density at radius 3 is 2.75 bits per heavy atom. The van der Waals surface area contributed by atoms with E-state index in [9.17, 15) is 0 Å². The number of aryl methyl sites for hydroxylation is 1. The third-order valence-electron chi connectivity index (χ3n) is 3.45. The SMILES string of the molecule is CCN(CCCc1cccc(N)c1)Cc1ccccn1. The summed E-state index contributed by atoms with van der Waals surface area (Å²) in [7, 11) is 0. The highest BCUT2D eigenvalue weighted by molar-refractivity contribution is 5.40. The van der Waals surface area contributed by atoms with E-state index in [2.05, 4.69) is 35.0 Å². The summed E-state index contributed by atoms with van der Waals surface area (Å²) in [4.78, 5) is 6.81. The number of hydrogen-bond donors (Lipinski definition) is 1. The van der Waals surface area contributed by atoms with Crippen LogP contribution in [0.4, 0.5) is 5.69 Å². The van der Waals surface area contributed by atoms with Gasteiger partial charge in [0.05, 0.1) is 5.69 Å². The van der Waals surface area contributed by atoms with Crippen LogP contribution in [-0.4, -0.2) is 23.0 Å². The molecule has 0 aliphatic carbocycles. The first kappa shape index (κ1) is 14.5. The Labute approximate surface area is 121 Å². The third kappa shape index (κ3) is 4.67. The number of hydrogen-bond acceptors (Lipinski definition) is 3. The molecule has 0 atom stereocenters. The molecule has 20 heavy (non-hydrogen) atoms. The minimum Gasteiger partial charge on any atom is -0.399 e. The molecule has 0 fully saturated rings. The van der Waals surface area contributed by atoms with Gasteiger partial charge in [-0.25, -0.2) is 0 Å². The van der Waals surface area contributed by atoms with Gasteiger partial charge < -0.3 is 5.73 Å². The maximum atomic E-state index is 5.80. The lowest BCUT2D eigenvalue weighted by Gasteiger charge is -2.19. The summed E-state index contributed by atoms with van der Waals surface area (Å²) in [5.41, 5.74) is 9.11. The minimum atomic E-state index is 0.850. The van der Waals surface area contributed by atoms with E-state index in [1.54, 1.807) is 0 Å². The average Bonchev–Trinajstić information content (AvgIpc) is 2.47. The van der Waals surface area contributed by atoms with Crippen molar-refractivity contribution in [2.75, 3.05) is 18.8 Å². The minimum absolute atomic E-state index is 0.850. The molecular weight excluding hydrogens is 246 g/mol. The molecule has 0 saturated carbocycles. The lowest BCUT2D eigenvalue weighted by Crippen LogP contribution is -2.24. The summed E-state index contributed by atoms with van der Waals surface area (Å²) < 4.78 is 0. The van der Waals surface area contributed by atoms with Crippen molar-refractivity contribution in [3.05, 3.63) is 59.9 Å². The molecule has 106 valence electrons. The predicted octanol–water partition coefficient (Wildman–Crippen LogP) is 3.12. The summed E-state index contributed by atoms with van der Waals surface area (Å²) in [6, 6.07) is 14.3. The number of anilines is 1. The largest absolute Gasteiger partial charge is 0.399 e. The first-order valence-corrected chi connectivity index (χ1v) is 7.24. The highest BCUT2D eigenvalue weighted by Crippen LogP contribution is 2.10. The van der Waals surface area contributed by atoms with Crippen molar-refractivity contribution in [1.29, 1.82) is 0 Å². The molecule has 1 heterocycles. The molecule has 0 amide bonds. The maximum absolute atomic E-state index is 5.80. The molecule has 0 aliphatic rings. The zero-order valence-electron chi connectivity index (χ0n) is 12.1. The van der Waals surface area contributed by atoms with E-state index in [0.29, 0.717) is 0 Å². The van der Waals surface area contributed by atoms with Gasteiger partial charge in [-0.15, -0.1) is 0 Å². The van der Waals surface area contributed by atoms with Crippen molar-refractivity contribution in [3.8, 4) is 0 Å². The summed E-state index contributed by atoms with van der Waals surface area (Å²) in [6.07, 6.45) is 4.07. The summed E-state index contributed by atoms with van der Waals surface area (Å²) in [6.45, 7) is 5.26. The van der Waals surface area contributed by atoms with Gasteiger partial charge in [0.2, 0.25) is 0 Å². The Bertz CT molecular complexity index is 511. The molecule has 2 N–H and O–H groups in total. The molecule has 0 saturated heterocycles. The van der Waals surface area contributed by atoms with Gasteiger partial charge in [-0.3, -0.25) is 9.88 Å². The normalized spacial score (nSPS) is 10.9. The number of pyridine rings is 1. The summed E-state index contributed by atoms with van der Waals surface area (Å²) in [5.74, 6) is 0. The summed E-state index contributed by atoms with van der Waals surface area (Å²) in [5, 5.41) is 0. The van der Waals surface area contributed by atoms with Gasteiger partial charge in [-0.05, 0) is 55.8 Å². The van der Waals surface area contributed by atoms with Crippen molar-refractivity contribution < 1.29 is 0 Å². The number of benzene rings is 1. The van der Waals surface area contributed by atoms with Crippen LogP contribution in [-0.2, 0) is 13.0 Å². The lowest BCUT2D eigenvalue weighted by molar-refractivity contribution is 0.273. The van der Waals surface area contributed by atoms with E-state index in [0.717, 1.165) is 43.9 Å². The molecule has 0 spiro atoms. The van der Waals surface area contributed by atoms with Crippen LogP contribution in [0.2, 0.25) is 0 Å². The summed E-state index contributed by atoms with van der Waals surface area (Å²) >= 11 is 0. The average molecular weight is 269 g/mol. The van der Waals surface area contributed by atoms with Gasteiger partial charge >= 0.3 is 0 Å². The van der Waals surface area contributed by atoms with Crippen LogP contribution in [0.5, 0.6) is 0 Å². The Hall–Kier alpha value is -1.87. The van der Waals surface area contributed by atoms with Crippen molar-refractivity contribution in [2.24, 2.45) is 0 Å². The van der Waals surface area contributed by atoms with Gasteiger partial charge in [-0.1, -0.05) is 25.1 Å². The van der Waals surface area contributed by atoms with E-state index < -0.39 is 0 Å². The Morgan fingerprint density at radius 2 is 2.05 bits per heavy atom. The molecule has 1 aromatic heterocycles. The molecule has 1 aromatic carbocycles. The van der Waals surface area contributed by atoms with Crippen molar-refractivity contribution >= 4 is 5.69 Å². The third-order valence-corrected chi connectivity index (χ3v) is 3.45. The monoisotopic (exact) mass is 269 g/mol. The predicted molar refractivity (Wildman–Crippen MR) is 84.4 cm³/mol. The fraction of sp³-hybridized carbons (Fsp3) is 0.353. The zero-order valence-corrected chi connectivity index (χ0v) is 12.1. The second kappa shape index (κ2) is 7.65.